The molecule has 1 amide bonds. The lowest BCUT2D eigenvalue weighted by atomic mass is 10.3. The van der Waals surface area contributed by atoms with Gasteiger partial charge in [0.1, 0.15) is 11.5 Å². The Kier molecular flexibility index (Phi) is 4.70. The summed E-state index contributed by atoms with van der Waals surface area (Å²) in [5.74, 6) is 0.954. The molecule has 0 atom stereocenters. The zero-order valence-corrected chi connectivity index (χ0v) is 11.6. The van der Waals surface area contributed by atoms with Gasteiger partial charge >= 0.3 is 0 Å². The van der Waals surface area contributed by atoms with Gasteiger partial charge < -0.3 is 15.1 Å². The highest BCUT2D eigenvalue weighted by Crippen LogP contribution is 2.08. The highest BCUT2D eigenvalue weighted by atomic mass is 16.4. The SMILES string of the molecule is CCCNc1ccnc(C(=O)NCc2ncc(C)o2)c1. The summed E-state index contributed by atoms with van der Waals surface area (Å²) in [6.07, 6.45) is 4.25. The number of carbonyl (C=O) groups excluding carboxylic acids is 1. The van der Waals surface area contributed by atoms with Crippen LogP contribution in [0.2, 0.25) is 0 Å². The molecule has 6 nitrogen and oxygen atoms in total. The lowest BCUT2D eigenvalue weighted by molar-refractivity contribution is 0.0942. The molecule has 0 saturated heterocycles. The number of amides is 1. The minimum atomic E-state index is -0.249. The molecule has 106 valence electrons. The van der Waals surface area contributed by atoms with Gasteiger partial charge in [0.25, 0.3) is 5.91 Å². The first-order valence-corrected chi connectivity index (χ1v) is 6.58. The average molecular weight is 274 g/mol. The lowest BCUT2D eigenvalue weighted by Gasteiger charge is -2.06. The van der Waals surface area contributed by atoms with Crippen molar-refractivity contribution in [3.05, 3.63) is 41.9 Å². The number of nitrogens with one attached hydrogen (secondary N) is 2. The Bertz CT molecular complexity index is 580. The van der Waals surface area contributed by atoms with Crippen molar-refractivity contribution in [1.29, 1.82) is 0 Å². The van der Waals surface area contributed by atoms with Crippen molar-refractivity contribution in [3.8, 4) is 0 Å². The fraction of sp³-hybridized carbons (Fsp3) is 0.357. The monoisotopic (exact) mass is 274 g/mol. The second-order valence-electron chi connectivity index (χ2n) is 4.40. The molecule has 0 aliphatic carbocycles. The second-order valence-corrected chi connectivity index (χ2v) is 4.40. The Balaban J connectivity index is 1.94. The van der Waals surface area contributed by atoms with Gasteiger partial charge in [-0.25, -0.2) is 4.98 Å². The van der Waals surface area contributed by atoms with Crippen molar-refractivity contribution >= 4 is 11.6 Å². The van der Waals surface area contributed by atoms with Crippen molar-refractivity contribution in [3.63, 3.8) is 0 Å². The largest absolute Gasteiger partial charge is 0.444 e. The van der Waals surface area contributed by atoms with Crippen molar-refractivity contribution < 1.29 is 9.21 Å². The molecule has 0 aromatic carbocycles. The van der Waals surface area contributed by atoms with Gasteiger partial charge in [0.15, 0.2) is 0 Å². The highest BCUT2D eigenvalue weighted by molar-refractivity contribution is 5.92. The van der Waals surface area contributed by atoms with Crippen molar-refractivity contribution in [1.82, 2.24) is 15.3 Å². The number of hydrogen-bond acceptors (Lipinski definition) is 5. The van der Waals surface area contributed by atoms with Gasteiger partial charge in [0.05, 0.1) is 12.7 Å². The van der Waals surface area contributed by atoms with E-state index in [9.17, 15) is 4.79 Å². The molecular weight excluding hydrogens is 256 g/mol. The molecule has 2 heterocycles. The quantitative estimate of drug-likeness (QED) is 0.843. The Morgan fingerprint density at radius 2 is 2.25 bits per heavy atom. The molecule has 2 aromatic heterocycles. The van der Waals surface area contributed by atoms with Crippen LogP contribution in [0.3, 0.4) is 0 Å². The Morgan fingerprint density at radius 1 is 1.40 bits per heavy atom. The first kappa shape index (κ1) is 14.0. The molecule has 0 spiro atoms. The van der Waals surface area contributed by atoms with Crippen molar-refractivity contribution in [2.24, 2.45) is 0 Å². The van der Waals surface area contributed by atoms with Gasteiger partial charge in [-0.05, 0) is 25.5 Å². The van der Waals surface area contributed by atoms with Gasteiger partial charge in [-0.3, -0.25) is 9.78 Å². The van der Waals surface area contributed by atoms with Crippen LogP contribution in [0.5, 0.6) is 0 Å². The maximum Gasteiger partial charge on any atom is 0.270 e. The number of nitrogens with zero attached hydrogens (tertiary/aromatic N) is 2. The molecule has 2 aromatic rings. The zero-order chi connectivity index (χ0) is 14.4. The highest BCUT2D eigenvalue weighted by Gasteiger charge is 2.09. The standard InChI is InChI=1S/C14H18N4O2/c1-3-5-15-11-4-6-16-12(7-11)14(19)18-9-13-17-8-10(2)20-13/h4,6-8H,3,5,9H2,1-2H3,(H,15,16)(H,18,19). The fourth-order valence-corrected chi connectivity index (χ4v) is 1.66. The second kappa shape index (κ2) is 6.70. The van der Waals surface area contributed by atoms with Crippen LogP contribution in [0.25, 0.3) is 0 Å². The van der Waals surface area contributed by atoms with Gasteiger partial charge in [0, 0.05) is 18.4 Å². The summed E-state index contributed by atoms with van der Waals surface area (Å²) in [5.41, 5.74) is 1.26. The number of oxazole rings is 1. The minimum absolute atomic E-state index is 0.249. The molecule has 0 saturated carbocycles. The van der Waals surface area contributed by atoms with E-state index >= 15 is 0 Å². The van der Waals surface area contributed by atoms with Crippen LogP contribution in [0.1, 0.15) is 35.5 Å². The number of aryl methyl sites for hydroxylation is 1. The van der Waals surface area contributed by atoms with Gasteiger partial charge in [-0.15, -0.1) is 0 Å². The van der Waals surface area contributed by atoms with Crippen LogP contribution in [-0.2, 0) is 6.54 Å². The molecule has 0 aliphatic heterocycles. The summed E-state index contributed by atoms with van der Waals surface area (Å²) < 4.78 is 5.29. The van der Waals surface area contributed by atoms with Crippen molar-refractivity contribution in [2.45, 2.75) is 26.8 Å². The molecule has 0 radical (unpaired) electrons. The van der Waals surface area contributed by atoms with Crippen LogP contribution in [0, 0.1) is 6.92 Å². The first-order chi connectivity index (χ1) is 9.69. The van der Waals surface area contributed by atoms with E-state index in [1.165, 1.54) is 0 Å². The molecule has 0 fully saturated rings. The fourth-order valence-electron chi connectivity index (χ4n) is 1.66. The maximum absolute atomic E-state index is 12.0. The Hall–Kier alpha value is -2.37. The molecule has 6 heteroatoms. The average Bonchev–Trinajstić information content (AvgIpc) is 2.88. The van der Waals surface area contributed by atoms with E-state index in [1.807, 2.05) is 13.0 Å². The van der Waals surface area contributed by atoms with E-state index in [1.54, 1.807) is 18.5 Å². The van der Waals surface area contributed by atoms with Gasteiger partial charge in [0.2, 0.25) is 5.89 Å². The summed E-state index contributed by atoms with van der Waals surface area (Å²) in [7, 11) is 0. The maximum atomic E-state index is 12.0. The van der Waals surface area contributed by atoms with Crippen LogP contribution >= 0.6 is 0 Å². The van der Waals surface area contributed by atoms with Crippen LogP contribution in [0.4, 0.5) is 5.69 Å². The molecule has 20 heavy (non-hydrogen) atoms. The topological polar surface area (TPSA) is 80.0 Å². The zero-order valence-electron chi connectivity index (χ0n) is 11.6. The van der Waals surface area contributed by atoms with E-state index in [4.69, 9.17) is 4.42 Å². The molecule has 0 bridgehead atoms. The summed E-state index contributed by atoms with van der Waals surface area (Å²) in [4.78, 5) is 20.1. The molecule has 0 aliphatic rings. The third kappa shape index (κ3) is 3.81. The number of pyridine rings is 1. The van der Waals surface area contributed by atoms with E-state index in [0.29, 0.717) is 11.6 Å². The molecule has 2 N–H and O–H groups in total. The lowest BCUT2D eigenvalue weighted by Crippen LogP contribution is -2.24. The number of carbonyl (C=O) groups is 1. The molecule has 2 rings (SSSR count). The summed E-state index contributed by atoms with van der Waals surface area (Å²) in [6, 6.07) is 3.57. The van der Waals surface area contributed by atoms with Crippen LogP contribution in [-0.4, -0.2) is 22.4 Å². The van der Waals surface area contributed by atoms with E-state index in [-0.39, 0.29) is 12.5 Å². The van der Waals surface area contributed by atoms with E-state index in [0.717, 1.165) is 24.4 Å². The third-order valence-corrected chi connectivity index (χ3v) is 2.64. The predicted molar refractivity (Wildman–Crippen MR) is 75.4 cm³/mol. The smallest absolute Gasteiger partial charge is 0.270 e. The first-order valence-electron chi connectivity index (χ1n) is 6.58. The number of anilines is 1. The molecule has 0 unspecified atom stereocenters. The number of rotatable bonds is 6. The summed E-state index contributed by atoms with van der Waals surface area (Å²) in [6.45, 7) is 5.00. The van der Waals surface area contributed by atoms with Gasteiger partial charge in [-0.2, -0.15) is 0 Å². The summed E-state index contributed by atoms with van der Waals surface area (Å²) in [5, 5.41) is 5.94. The van der Waals surface area contributed by atoms with Gasteiger partial charge in [-0.1, -0.05) is 6.92 Å². The van der Waals surface area contributed by atoms with Crippen LogP contribution in [0.15, 0.2) is 28.9 Å². The number of hydrogen-bond donors (Lipinski definition) is 2. The normalized spacial score (nSPS) is 10.3. The van der Waals surface area contributed by atoms with Crippen molar-refractivity contribution in [2.75, 3.05) is 11.9 Å². The predicted octanol–water partition coefficient (Wildman–Crippen LogP) is 2.13. The Morgan fingerprint density at radius 3 is 2.95 bits per heavy atom. The molecular formula is C14H18N4O2. The summed E-state index contributed by atoms with van der Waals surface area (Å²) >= 11 is 0. The number of aromatic nitrogens is 2. The van der Waals surface area contributed by atoms with E-state index < -0.39 is 0 Å². The third-order valence-electron chi connectivity index (χ3n) is 2.64. The van der Waals surface area contributed by atoms with Crippen LogP contribution < -0.4 is 10.6 Å². The Labute approximate surface area is 117 Å². The minimum Gasteiger partial charge on any atom is -0.444 e. The van der Waals surface area contributed by atoms with E-state index in [2.05, 4.69) is 27.5 Å².